The number of hydrogen-bond acceptors (Lipinski definition) is 0. The summed E-state index contributed by atoms with van der Waals surface area (Å²) in [7, 11) is 0. The molecular formula is C14H22. The number of allylic oxidation sites excluding steroid dienone is 2. The third-order valence-corrected chi connectivity index (χ3v) is 1.99. The van der Waals surface area contributed by atoms with Crippen LogP contribution in [0.1, 0.15) is 38.3 Å². The van der Waals surface area contributed by atoms with Gasteiger partial charge in [-0.3, -0.25) is 0 Å². The SMILES string of the molecule is C/C=C/C.CCCc1ccc(C)cc1. The Bertz CT molecular complexity index is 237. The van der Waals surface area contributed by atoms with Crippen molar-refractivity contribution in [1.29, 1.82) is 0 Å². The van der Waals surface area contributed by atoms with Gasteiger partial charge >= 0.3 is 0 Å². The summed E-state index contributed by atoms with van der Waals surface area (Å²) in [4.78, 5) is 0. The van der Waals surface area contributed by atoms with Gasteiger partial charge in [0.05, 0.1) is 0 Å². The maximum Gasteiger partial charge on any atom is -0.0281 e. The summed E-state index contributed by atoms with van der Waals surface area (Å²) in [6.07, 6.45) is 6.45. The Balaban J connectivity index is 0.000000364. The highest BCUT2D eigenvalue weighted by atomic mass is 13.9. The summed E-state index contributed by atoms with van der Waals surface area (Å²) in [6, 6.07) is 8.76. The summed E-state index contributed by atoms with van der Waals surface area (Å²) < 4.78 is 0. The van der Waals surface area contributed by atoms with Gasteiger partial charge in [-0.1, -0.05) is 55.3 Å². The second-order valence-electron chi connectivity index (χ2n) is 3.40. The Morgan fingerprint density at radius 3 is 1.86 bits per heavy atom. The van der Waals surface area contributed by atoms with Gasteiger partial charge in [-0.25, -0.2) is 0 Å². The molecule has 0 saturated carbocycles. The van der Waals surface area contributed by atoms with Crippen molar-refractivity contribution in [3.05, 3.63) is 47.5 Å². The molecule has 0 aromatic heterocycles. The van der Waals surface area contributed by atoms with E-state index in [9.17, 15) is 0 Å². The molecule has 1 aromatic rings. The average Bonchev–Trinajstić information content (AvgIpc) is 2.22. The monoisotopic (exact) mass is 190 g/mol. The molecule has 0 unspecified atom stereocenters. The van der Waals surface area contributed by atoms with Gasteiger partial charge in [0.2, 0.25) is 0 Å². The lowest BCUT2D eigenvalue weighted by molar-refractivity contribution is 0.921. The molecular weight excluding hydrogens is 168 g/mol. The van der Waals surface area contributed by atoms with Crippen molar-refractivity contribution in [3.63, 3.8) is 0 Å². The van der Waals surface area contributed by atoms with Crippen molar-refractivity contribution in [3.8, 4) is 0 Å². The summed E-state index contributed by atoms with van der Waals surface area (Å²) in [6.45, 7) is 8.33. The highest BCUT2D eigenvalue weighted by Gasteiger charge is 1.87. The molecule has 0 N–H and O–H groups in total. The Hall–Kier alpha value is -1.04. The molecule has 0 nitrogen and oxygen atoms in total. The van der Waals surface area contributed by atoms with Gasteiger partial charge in [0.25, 0.3) is 0 Å². The van der Waals surface area contributed by atoms with Crippen LogP contribution in [-0.4, -0.2) is 0 Å². The van der Waals surface area contributed by atoms with Gasteiger partial charge in [-0.15, -0.1) is 0 Å². The normalized spacial score (nSPS) is 9.71. The molecule has 0 radical (unpaired) electrons. The van der Waals surface area contributed by atoms with Crippen LogP contribution in [0.25, 0.3) is 0 Å². The predicted octanol–water partition coefficient (Wildman–Crippen LogP) is 4.53. The number of hydrogen-bond donors (Lipinski definition) is 0. The molecule has 1 rings (SSSR count). The topological polar surface area (TPSA) is 0 Å². The smallest absolute Gasteiger partial charge is 0.0281 e. The summed E-state index contributed by atoms with van der Waals surface area (Å²) in [5.41, 5.74) is 2.80. The Labute approximate surface area is 88.7 Å². The second-order valence-corrected chi connectivity index (χ2v) is 3.40. The van der Waals surface area contributed by atoms with Crippen LogP contribution in [0, 0.1) is 6.92 Å². The van der Waals surface area contributed by atoms with Crippen LogP contribution in [0.15, 0.2) is 36.4 Å². The van der Waals surface area contributed by atoms with Gasteiger partial charge in [0.1, 0.15) is 0 Å². The third kappa shape index (κ3) is 6.47. The van der Waals surface area contributed by atoms with E-state index >= 15 is 0 Å². The van der Waals surface area contributed by atoms with Crippen molar-refractivity contribution in [2.75, 3.05) is 0 Å². The Morgan fingerprint density at radius 1 is 1.00 bits per heavy atom. The van der Waals surface area contributed by atoms with Crippen molar-refractivity contribution in [2.45, 2.75) is 40.5 Å². The molecule has 14 heavy (non-hydrogen) atoms. The van der Waals surface area contributed by atoms with Gasteiger partial charge in [0.15, 0.2) is 0 Å². The second kappa shape index (κ2) is 8.55. The predicted molar refractivity (Wildman–Crippen MR) is 65.7 cm³/mol. The minimum atomic E-state index is 1.21. The quantitative estimate of drug-likeness (QED) is 0.601. The van der Waals surface area contributed by atoms with Gasteiger partial charge in [-0.05, 0) is 32.8 Å². The van der Waals surface area contributed by atoms with E-state index in [1.165, 1.54) is 24.0 Å². The minimum absolute atomic E-state index is 1.21. The third-order valence-electron chi connectivity index (χ3n) is 1.99. The molecule has 0 atom stereocenters. The van der Waals surface area contributed by atoms with Gasteiger partial charge in [-0.2, -0.15) is 0 Å². The molecule has 0 saturated heterocycles. The number of benzene rings is 1. The maximum atomic E-state index is 2.21. The van der Waals surface area contributed by atoms with E-state index in [-0.39, 0.29) is 0 Å². The zero-order valence-corrected chi connectivity index (χ0v) is 9.88. The lowest BCUT2D eigenvalue weighted by Crippen LogP contribution is -1.81. The lowest BCUT2D eigenvalue weighted by atomic mass is 10.1. The average molecular weight is 190 g/mol. The van der Waals surface area contributed by atoms with E-state index in [0.29, 0.717) is 0 Å². The minimum Gasteiger partial charge on any atom is -0.0919 e. The van der Waals surface area contributed by atoms with Crippen LogP contribution in [-0.2, 0) is 6.42 Å². The number of rotatable bonds is 2. The van der Waals surface area contributed by atoms with E-state index in [0.717, 1.165) is 0 Å². The molecule has 0 amide bonds. The Morgan fingerprint density at radius 2 is 1.50 bits per heavy atom. The van der Waals surface area contributed by atoms with E-state index in [1.54, 1.807) is 0 Å². The molecule has 1 aromatic carbocycles. The van der Waals surface area contributed by atoms with Crippen LogP contribution in [0.4, 0.5) is 0 Å². The lowest BCUT2D eigenvalue weighted by Gasteiger charge is -1.97. The van der Waals surface area contributed by atoms with Crippen molar-refractivity contribution < 1.29 is 0 Å². The fourth-order valence-corrected chi connectivity index (χ4v) is 1.04. The van der Waals surface area contributed by atoms with Crippen LogP contribution >= 0.6 is 0 Å². The molecule has 0 bridgehead atoms. The van der Waals surface area contributed by atoms with E-state index in [4.69, 9.17) is 0 Å². The highest BCUT2D eigenvalue weighted by molar-refractivity contribution is 5.21. The van der Waals surface area contributed by atoms with Crippen LogP contribution in [0.3, 0.4) is 0 Å². The van der Waals surface area contributed by atoms with Crippen molar-refractivity contribution in [1.82, 2.24) is 0 Å². The van der Waals surface area contributed by atoms with Crippen molar-refractivity contribution in [2.24, 2.45) is 0 Å². The fraction of sp³-hybridized carbons (Fsp3) is 0.429. The van der Waals surface area contributed by atoms with Crippen molar-refractivity contribution >= 4 is 0 Å². The highest BCUT2D eigenvalue weighted by Crippen LogP contribution is 2.04. The molecule has 0 aliphatic rings. The summed E-state index contributed by atoms with van der Waals surface area (Å²) in [5, 5.41) is 0. The zero-order chi connectivity index (χ0) is 10.8. The first-order chi connectivity index (χ1) is 6.74. The standard InChI is InChI=1S/C10H14.C4H8/c1-3-4-10-7-5-9(2)6-8-10;1-3-4-2/h5-8H,3-4H2,1-2H3;3-4H,1-2H3/b;4-3+. The summed E-state index contributed by atoms with van der Waals surface area (Å²) in [5.74, 6) is 0. The molecule has 0 fully saturated rings. The van der Waals surface area contributed by atoms with Crippen LogP contribution in [0.5, 0.6) is 0 Å². The molecule has 0 heterocycles. The largest absolute Gasteiger partial charge is 0.0919 e. The van der Waals surface area contributed by atoms with Crippen LogP contribution < -0.4 is 0 Å². The van der Waals surface area contributed by atoms with E-state index in [1.807, 2.05) is 26.0 Å². The molecule has 78 valence electrons. The molecule has 0 spiro atoms. The fourth-order valence-electron chi connectivity index (χ4n) is 1.04. The summed E-state index contributed by atoms with van der Waals surface area (Å²) >= 11 is 0. The first kappa shape index (κ1) is 13.0. The Kier molecular flexibility index (Phi) is 7.92. The van der Waals surface area contributed by atoms with Gasteiger partial charge in [0, 0.05) is 0 Å². The first-order valence-corrected chi connectivity index (χ1v) is 5.37. The maximum absolute atomic E-state index is 2.21. The first-order valence-electron chi connectivity index (χ1n) is 5.37. The van der Waals surface area contributed by atoms with Gasteiger partial charge < -0.3 is 0 Å². The molecule has 0 aliphatic carbocycles. The molecule has 0 aliphatic heterocycles. The van der Waals surface area contributed by atoms with Crippen LogP contribution in [0.2, 0.25) is 0 Å². The van der Waals surface area contributed by atoms with E-state index in [2.05, 4.69) is 38.1 Å². The molecule has 0 heteroatoms. The zero-order valence-electron chi connectivity index (χ0n) is 9.88. The van der Waals surface area contributed by atoms with E-state index < -0.39 is 0 Å². The number of aryl methyl sites for hydroxylation is 2.